The summed E-state index contributed by atoms with van der Waals surface area (Å²) in [4.78, 5) is 33.5. The number of non-ortho nitro benzene ring substituents is 1. The van der Waals surface area contributed by atoms with Crippen LogP contribution in [0.25, 0.3) is 10.8 Å². The summed E-state index contributed by atoms with van der Waals surface area (Å²) in [6.07, 6.45) is 7.46. The highest BCUT2D eigenvalue weighted by molar-refractivity contribution is 6.03. The fourth-order valence-electron chi connectivity index (χ4n) is 9.77. The first-order valence-corrected chi connectivity index (χ1v) is 23.2. The van der Waals surface area contributed by atoms with E-state index < -0.39 is 34.4 Å². The fourth-order valence-corrected chi connectivity index (χ4v) is 9.77. The third-order valence-electron chi connectivity index (χ3n) is 12.6. The van der Waals surface area contributed by atoms with Crippen LogP contribution in [0.4, 0.5) is 10.5 Å². The molecule has 15 nitrogen and oxygen atoms in total. The molecule has 3 aliphatic rings. The number of hydrogen-bond acceptors (Lipinski definition) is 13. The highest BCUT2D eigenvalue weighted by Crippen LogP contribution is 2.62. The maximum atomic E-state index is 14.8. The van der Waals surface area contributed by atoms with Crippen molar-refractivity contribution < 1.29 is 53.6 Å². The Hall–Kier alpha value is -5.84. The minimum absolute atomic E-state index is 0.00100. The number of carbonyl (C=O) groups excluding carboxylic acids is 1. The van der Waals surface area contributed by atoms with E-state index in [1.165, 1.54) is 29.2 Å². The van der Waals surface area contributed by atoms with E-state index in [-0.39, 0.29) is 81.8 Å². The van der Waals surface area contributed by atoms with Crippen LogP contribution >= 0.6 is 0 Å². The molecule has 7 rings (SSSR count). The van der Waals surface area contributed by atoms with E-state index in [1.54, 1.807) is 6.08 Å². The molecule has 1 aliphatic heterocycles. The van der Waals surface area contributed by atoms with Crippen LogP contribution in [0.3, 0.4) is 0 Å². The Morgan fingerprint density at radius 3 is 2.31 bits per heavy atom. The molecule has 15 heteroatoms. The van der Waals surface area contributed by atoms with E-state index in [4.69, 9.17) is 33.7 Å². The number of rotatable bonds is 22. The number of ether oxygens (including phenoxy) is 5. The number of amides is 1. The largest absolute Gasteiger partial charge is 0.459 e. The number of aliphatic hydroxyl groups excluding tert-OH is 3. The Morgan fingerprint density at radius 2 is 1.61 bits per heavy atom. The first-order chi connectivity index (χ1) is 32.4. The van der Waals surface area contributed by atoms with E-state index in [2.05, 4.69) is 18.7 Å². The fraction of sp³-hybridized carbons (Fsp3) is 0.462. The van der Waals surface area contributed by atoms with Crippen LogP contribution in [-0.4, -0.2) is 101 Å². The molecule has 1 heterocycles. The molecule has 4 aromatic carbocycles. The number of nitro groups is 1. The molecule has 4 aromatic rings. The van der Waals surface area contributed by atoms with E-state index in [1.807, 2.05) is 75.4 Å². The van der Waals surface area contributed by atoms with E-state index in [0.29, 0.717) is 35.8 Å². The van der Waals surface area contributed by atoms with Gasteiger partial charge in [0.15, 0.2) is 0 Å². The molecular formula is C52H63N3O12. The summed E-state index contributed by atoms with van der Waals surface area (Å²) < 4.78 is 32.8. The zero-order valence-corrected chi connectivity index (χ0v) is 38.6. The van der Waals surface area contributed by atoms with Gasteiger partial charge in [0, 0.05) is 49.8 Å². The zero-order valence-electron chi connectivity index (χ0n) is 38.6. The summed E-state index contributed by atoms with van der Waals surface area (Å²) in [5.41, 5.74) is 1.48. The molecule has 0 bridgehead atoms. The molecule has 1 fully saturated rings. The second-order valence-electron chi connectivity index (χ2n) is 18.2. The molecule has 0 radical (unpaired) electrons. The molecular weight excluding hydrogens is 859 g/mol. The number of fused-ring (bicyclic) bond motifs is 3. The molecule has 67 heavy (non-hydrogen) atoms. The molecule has 1 saturated carbocycles. The van der Waals surface area contributed by atoms with Gasteiger partial charge in [0.1, 0.15) is 34.6 Å². The SMILES string of the molecule is C=CCO[C@@]12Oc3ccc(Oc4ccc5ccccc5c4)cc3[C@H]3[C@H](CCCCO)[C@@H](CCCCO)C=C(C(=NOC(C)(C)C)C[C@@H]1N(CCOCCO)C(=O)Oc1ccc([N+](=O)[O-])cc1)[C@H]32. The lowest BCUT2D eigenvalue weighted by molar-refractivity contribution is -0.384. The monoisotopic (exact) mass is 921 g/mol. The van der Waals surface area contributed by atoms with Gasteiger partial charge in [-0.2, -0.15) is 0 Å². The first-order valence-electron chi connectivity index (χ1n) is 23.2. The number of allylic oxidation sites excluding steroid dienone is 1. The summed E-state index contributed by atoms with van der Waals surface area (Å²) in [6, 6.07) is 24.2. The topological polar surface area (TPSA) is 192 Å². The van der Waals surface area contributed by atoms with Crippen molar-refractivity contribution in [1.82, 2.24) is 4.90 Å². The molecule has 0 spiro atoms. The van der Waals surface area contributed by atoms with Crippen molar-refractivity contribution in [3.05, 3.63) is 125 Å². The molecule has 0 unspecified atom stereocenters. The first kappa shape index (κ1) is 49.1. The number of nitro benzene ring substituents is 1. The van der Waals surface area contributed by atoms with Crippen LogP contribution in [0.1, 0.15) is 77.2 Å². The van der Waals surface area contributed by atoms with Gasteiger partial charge in [-0.15, -0.1) is 6.58 Å². The highest BCUT2D eigenvalue weighted by atomic mass is 16.7. The number of oxime groups is 1. The standard InChI is InChI=1S/C52H63N3O12/c1-5-28-63-52-47(54(24-29-62-30-27-58)50(59)65-39-20-17-38(18-21-39)55(60)61)34-45(53-67-51(2,3)4)43-32-37(14-8-10-25-56)42(15-9-11-26-57)48(49(43)52)44-33-41(22-23-46(44)66-52)64-40-19-16-35-12-6-7-13-36(35)31-40/h5-7,12-13,16-23,31-33,37,42,47-49,56-58H,1,8-11,14-15,24-30,34H2,2-4H3/t37-,42+,47-,48+,49+,52+/m0/s1. The molecule has 6 atom stereocenters. The molecule has 358 valence electrons. The second kappa shape index (κ2) is 22.3. The van der Waals surface area contributed by atoms with Gasteiger partial charge in [-0.25, -0.2) is 4.79 Å². The number of benzene rings is 4. The number of aliphatic hydroxyl groups is 3. The van der Waals surface area contributed by atoms with Gasteiger partial charge < -0.3 is 43.8 Å². The minimum atomic E-state index is -1.60. The summed E-state index contributed by atoms with van der Waals surface area (Å²) in [5.74, 6) is -0.690. The maximum Gasteiger partial charge on any atom is 0.415 e. The van der Waals surface area contributed by atoms with Crippen LogP contribution in [0.5, 0.6) is 23.0 Å². The average molecular weight is 922 g/mol. The van der Waals surface area contributed by atoms with Crippen LogP contribution in [0, 0.1) is 27.9 Å². The third kappa shape index (κ3) is 11.5. The van der Waals surface area contributed by atoms with Crippen molar-refractivity contribution >= 4 is 28.3 Å². The van der Waals surface area contributed by atoms with E-state index in [9.17, 15) is 30.2 Å². The van der Waals surface area contributed by atoms with Crippen molar-refractivity contribution in [3.63, 3.8) is 0 Å². The van der Waals surface area contributed by atoms with Crippen molar-refractivity contribution in [3.8, 4) is 23.0 Å². The average Bonchev–Trinajstić information content (AvgIpc) is 3.31. The lowest BCUT2D eigenvalue weighted by atomic mass is 9.55. The smallest absolute Gasteiger partial charge is 0.415 e. The summed E-state index contributed by atoms with van der Waals surface area (Å²) in [5, 5.41) is 48.1. The van der Waals surface area contributed by atoms with Gasteiger partial charge in [0.25, 0.3) is 5.69 Å². The van der Waals surface area contributed by atoms with Crippen LogP contribution < -0.4 is 14.2 Å². The number of carbonyl (C=O) groups is 1. The van der Waals surface area contributed by atoms with Gasteiger partial charge in [-0.3, -0.25) is 15.0 Å². The van der Waals surface area contributed by atoms with Gasteiger partial charge in [-0.05, 0) is 117 Å². The van der Waals surface area contributed by atoms with Gasteiger partial charge in [0.05, 0.1) is 43.0 Å². The number of hydrogen-bond donors (Lipinski definition) is 3. The van der Waals surface area contributed by atoms with Crippen LogP contribution in [0.15, 0.2) is 114 Å². The third-order valence-corrected chi connectivity index (χ3v) is 12.6. The van der Waals surface area contributed by atoms with Crippen molar-refractivity contribution in [2.45, 2.75) is 89.1 Å². The predicted octanol–water partition coefficient (Wildman–Crippen LogP) is 9.48. The Labute approximate surface area is 391 Å². The Balaban J connectivity index is 1.43. The highest BCUT2D eigenvalue weighted by Gasteiger charge is 2.65. The van der Waals surface area contributed by atoms with Gasteiger partial charge >= 0.3 is 6.09 Å². The number of unbranched alkanes of at least 4 members (excludes halogenated alkanes) is 2. The normalized spacial score (nSPS) is 22.5. The quantitative estimate of drug-likeness (QED) is 0.0293. The summed E-state index contributed by atoms with van der Waals surface area (Å²) in [6.45, 7) is 9.66. The zero-order chi connectivity index (χ0) is 47.6. The van der Waals surface area contributed by atoms with Crippen molar-refractivity contribution in [2.24, 2.45) is 22.9 Å². The Kier molecular flexibility index (Phi) is 16.3. The Morgan fingerprint density at radius 1 is 0.910 bits per heavy atom. The molecule has 2 aliphatic carbocycles. The molecule has 3 N–H and O–H groups in total. The van der Waals surface area contributed by atoms with E-state index in [0.717, 1.165) is 47.6 Å². The Bertz CT molecular complexity index is 2400. The van der Waals surface area contributed by atoms with Gasteiger partial charge in [-0.1, -0.05) is 60.5 Å². The van der Waals surface area contributed by atoms with Crippen molar-refractivity contribution in [1.29, 1.82) is 0 Å². The number of nitrogens with zero attached hydrogens (tertiary/aromatic N) is 3. The minimum Gasteiger partial charge on any atom is -0.459 e. The van der Waals surface area contributed by atoms with Crippen LogP contribution in [0.2, 0.25) is 0 Å². The second-order valence-corrected chi connectivity index (χ2v) is 18.2. The lowest BCUT2D eigenvalue weighted by Crippen LogP contribution is -2.70. The predicted molar refractivity (Wildman–Crippen MR) is 254 cm³/mol. The maximum absolute atomic E-state index is 14.8. The lowest BCUT2D eigenvalue weighted by Gasteiger charge is -2.59. The van der Waals surface area contributed by atoms with Gasteiger partial charge in [0.2, 0.25) is 5.79 Å². The molecule has 0 saturated heterocycles. The summed E-state index contributed by atoms with van der Waals surface area (Å²) in [7, 11) is 0. The molecule has 1 amide bonds. The van der Waals surface area contributed by atoms with Crippen LogP contribution in [-0.2, 0) is 14.3 Å². The van der Waals surface area contributed by atoms with E-state index >= 15 is 0 Å². The molecule has 0 aromatic heterocycles. The van der Waals surface area contributed by atoms with Crippen molar-refractivity contribution in [2.75, 3.05) is 46.2 Å². The summed E-state index contributed by atoms with van der Waals surface area (Å²) >= 11 is 0.